The molecule has 1 saturated heterocycles. The van der Waals surface area contributed by atoms with E-state index in [0.29, 0.717) is 43.7 Å². The van der Waals surface area contributed by atoms with Crippen molar-refractivity contribution < 1.29 is 4.79 Å². The molecule has 114 valence electrons. The lowest BCUT2D eigenvalue weighted by Gasteiger charge is -2.35. The highest BCUT2D eigenvalue weighted by atomic mass is 16.2. The first kappa shape index (κ1) is 15.0. The van der Waals surface area contributed by atoms with Crippen molar-refractivity contribution in [1.29, 1.82) is 5.41 Å². The number of hydrogen-bond donors (Lipinski definition) is 3. The monoisotopic (exact) mass is 291 g/mol. The van der Waals surface area contributed by atoms with Crippen LogP contribution in [0, 0.1) is 12.3 Å². The van der Waals surface area contributed by atoms with Crippen LogP contribution in [0.1, 0.15) is 19.0 Å². The molecule has 21 heavy (non-hydrogen) atoms. The predicted molar refractivity (Wildman–Crippen MR) is 80.8 cm³/mol. The van der Waals surface area contributed by atoms with E-state index in [1.54, 1.807) is 17.9 Å². The van der Waals surface area contributed by atoms with Gasteiger partial charge in [0.15, 0.2) is 5.82 Å². The number of aliphatic imine (C=N–C) groups is 1. The van der Waals surface area contributed by atoms with Crippen molar-refractivity contribution >= 4 is 23.4 Å². The number of amides is 1. The van der Waals surface area contributed by atoms with E-state index in [0.717, 1.165) is 5.69 Å². The van der Waals surface area contributed by atoms with Crippen LogP contribution in [0.5, 0.6) is 0 Å². The van der Waals surface area contributed by atoms with Crippen molar-refractivity contribution in [3.8, 4) is 0 Å². The van der Waals surface area contributed by atoms with E-state index >= 15 is 0 Å². The van der Waals surface area contributed by atoms with Crippen LogP contribution in [0.3, 0.4) is 0 Å². The zero-order valence-electron chi connectivity index (χ0n) is 12.4. The molecule has 1 amide bonds. The molecule has 1 aromatic rings. The van der Waals surface area contributed by atoms with Crippen molar-refractivity contribution in [2.24, 2.45) is 10.7 Å². The van der Waals surface area contributed by atoms with Gasteiger partial charge in [-0.25, -0.2) is 4.99 Å². The van der Waals surface area contributed by atoms with Crippen LogP contribution in [0.2, 0.25) is 0 Å². The van der Waals surface area contributed by atoms with Gasteiger partial charge in [-0.1, -0.05) is 0 Å². The first-order chi connectivity index (χ1) is 9.95. The second kappa shape index (κ2) is 6.38. The topological polar surface area (TPSA) is 114 Å². The molecule has 0 aliphatic carbocycles. The average molecular weight is 291 g/mol. The number of hydrogen-bond acceptors (Lipinski definition) is 4. The van der Waals surface area contributed by atoms with Crippen LogP contribution in [0.25, 0.3) is 0 Å². The highest BCUT2D eigenvalue weighted by Gasteiger charge is 2.20. The Kier molecular flexibility index (Phi) is 4.56. The summed E-state index contributed by atoms with van der Waals surface area (Å²) in [4.78, 5) is 19.2. The number of nitrogens with zero attached hydrogens (tertiary/aromatic N) is 4. The Bertz CT molecular complexity index is 555. The van der Waals surface area contributed by atoms with Crippen LogP contribution in [0.15, 0.2) is 11.1 Å². The van der Waals surface area contributed by atoms with Gasteiger partial charge in [0.25, 0.3) is 0 Å². The van der Waals surface area contributed by atoms with E-state index in [9.17, 15) is 4.79 Å². The number of nitrogens with one attached hydrogen (secondary N) is 2. The predicted octanol–water partition coefficient (Wildman–Crippen LogP) is 0.238. The molecule has 1 aromatic heterocycles. The molecule has 4 N–H and O–H groups in total. The second-order valence-electron chi connectivity index (χ2n) is 5.13. The molecular formula is C13H21N7O. The number of H-pyrrole nitrogens is 1. The van der Waals surface area contributed by atoms with Crippen molar-refractivity contribution in [2.75, 3.05) is 26.2 Å². The summed E-state index contributed by atoms with van der Waals surface area (Å²) in [5.74, 6) is 1.39. The highest BCUT2D eigenvalue weighted by molar-refractivity contribution is 6.01. The smallest absolute Gasteiger partial charge is 0.219 e. The maximum atomic E-state index is 11.3. The van der Waals surface area contributed by atoms with Gasteiger partial charge < -0.3 is 15.5 Å². The minimum Gasteiger partial charge on any atom is -0.387 e. The van der Waals surface area contributed by atoms with Gasteiger partial charge in [-0.2, -0.15) is 5.10 Å². The van der Waals surface area contributed by atoms with Crippen LogP contribution in [-0.2, 0) is 4.79 Å². The number of rotatable bonds is 3. The molecule has 0 saturated carbocycles. The van der Waals surface area contributed by atoms with Gasteiger partial charge in [0.05, 0.1) is 6.42 Å². The lowest BCUT2D eigenvalue weighted by atomic mass is 10.2. The Morgan fingerprint density at radius 1 is 1.43 bits per heavy atom. The van der Waals surface area contributed by atoms with Gasteiger partial charge in [0.1, 0.15) is 11.7 Å². The molecule has 1 fully saturated rings. The molecule has 0 aromatic carbocycles. The summed E-state index contributed by atoms with van der Waals surface area (Å²) in [6.45, 7) is 6.07. The first-order valence-electron chi connectivity index (χ1n) is 6.88. The molecule has 0 unspecified atom stereocenters. The van der Waals surface area contributed by atoms with Gasteiger partial charge in [-0.15, -0.1) is 0 Å². The Morgan fingerprint density at radius 2 is 2.05 bits per heavy atom. The molecule has 0 radical (unpaired) electrons. The fourth-order valence-corrected chi connectivity index (χ4v) is 2.22. The molecular weight excluding hydrogens is 270 g/mol. The molecule has 0 spiro atoms. The third kappa shape index (κ3) is 4.04. The standard InChI is InChI=1S/C13H21N7O/c1-9-7-13(18-17-9)16-11(14)8-12(15)20-5-3-19(4-6-20)10(2)21/h7,15H,3-6,8H2,1-2H3,(H3,14,16,17,18). The van der Waals surface area contributed by atoms with Gasteiger partial charge in [0, 0.05) is 44.9 Å². The van der Waals surface area contributed by atoms with Crippen LogP contribution in [-0.4, -0.2) is 63.8 Å². The molecule has 8 nitrogen and oxygen atoms in total. The maximum absolute atomic E-state index is 11.3. The number of piperazine rings is 1. The quantitative estimate of drug-likeness (QED) is 0.546. The summed E-state index contributed by atoms with van der Waals surface area (Å²) in [6.07, 6.45) is 0.284. The van der Waals surface area contributed by atoms with Gasteiger partial charge >= 0.3 is 0 Å². The van der Waals surface area contributed by atoms with Crippen molar-refractivity contribution in [2.45, 2.75) is 20.3 Å². The molecule has 8 heteroatoms. The Labute approximate surface area is 123 Å². The normalized spacial score (nSPS) is 16.2. The minimum atomic E-state index is 0.0798. The number of amidine groups is 2. The Morgan fingerprint density at radius 3 is 2.57 bits per heavy atom. The average Bonchev–Trinajstić information content (AvgIpc) is 2.83. The number of nitrogens with two attached hydrogens (primary N) is 1. The lowest BCUT2D eigenvalue weighted by molar-refractivity contribution is -0.130. The summed E-state index contributed by atoms with van der Waals surface area (Å²) in [5, 5.41) is 14.9. The van der Waals surface area contributed by atoms with E-state index in [-0.39, 0.29) is 12.3 Å². The number of carbonyl (C=O) groups is 1. The second-order valence-corrected chi connectivity index (χ2v) is 5.13. The fourth-order valence-electron chi connectivity index (χ4n) is 2.22. The van der Waals surface area contributed by atoms with Gasteiger partial charge in [-0.3, -0.25) is 15.3 Å². The highest BCUT2D eigenvalue weighted by Crippen LogP contribution is 2.09. The SMILES string of the molecule is CC(=O)N1CCN(C(=N)CC(N)=Nc2cc(C)[nH]n2)CC1. The van der Waals surface area contributed by atoms with Crippen molar-refractivity contribution in [3.63, 3.8) is 0 Å². The molecule has 0 atom stereocenters. The zero-order valence-corrected chi connectivity index (χ0v) is 12.4. The summed E-state index contributed by atoms with van der Waals surface area (Å²) >= 11 is 0. The van der Waals surface area contributed by atoms with Gasteiger partial charge in [-0.05, 0) is 6.92 Å². The maximum Gasteiger partial charge on any atom is 0.219 e. The van der Waals surface area contributed by atoms with E-state index in [1.165, 1.54) is 0 Å². The summed E-state index contributed by atoms with van der Waals surface area (Å²) in [5.41, 5.74) is 6.78. The molecule has 0 bridgehead atoms. The third-order valence-electron chi connectivity index (χ3n) is 3.41. The van der Waals surface area contributed by atoms with E-state index < -0.39 is 0 Å². The summed E-state index contributed by atoms with van der Waals surface area (Å²) in [6, 6.07) is 1.79. The molecule has 1 aliphatic rings. The summed E-state index contributed by atoms with van der Waals surface area (Å²) in [7, 11) is 0. The van der Waals surface area contributed by atoms with E-state index in [1.807, 2.05) is 11.8 Å². The van der Waals surface area contributed by atoms with E-state index in [2.05, 4.69) is 15.2 Å². The lowest BCUT2D eigenvalue weighted by Crippen LogP contribution is -2.50. The molecule has 2 rings (SSSR count). The number of aromatic amines is 1. The van der Waals surface area contributed by atoms with Crippen LogP contribution in [0.4, 0.5) is 5.82 Å². The fraction of sp³-hybridized carbons (Fsp3) is 0.538. The van der Waals surface area contributed by atoms with Crippen LogP contribution < -0.4 is 5.73 Å². The Hall–Kier alpha value is -2.38. The summed E-state index contributed by atoms with van der Waals surface area (Å²) < 4.78 is 0. The van der Waals surface area contributed by atoms with Crippen molar-refractivity contribution in [3.05, 3.63) is 11.8 Å². The number of aryl methyl sites for hydroxylation is 1. The van der Waals surface area contributed by atoms with Crippen LogP contribution >= 0.6 is 0 Å². The zero-order chi connectivity index (χ0) is 15.4. The Balaban J connectivity index is 1.87. The largest absolute Gasteiger partial charge is 0.387 e. The first-order valence-corrected chi connectivity index (χ1v) is 6.88. The van der Waals surface area contributed by atoms with Gasteiger partial charge in [0.2, 0.25) is 5.91 Å². The number of carbonyl (C=O) groups excluding carboxylic acids is 1. The number of aromatic nitrogens is 2. The van der Waals surface area contributed by atoms with E-state index in [4.69, 9.17) is 11.1 Å². The molecule has 2 heterocycles. The minimum absolute atomic E-state index is 0.0798. The van der Waals surface area contributed by atoms with Crippen molar-refractivity contribution in [1.82, 2.24) is 20.0 Å². The molecule has 1 aliphatic heterocycles. The third-order valence-corrected chi connectivity index (χ3v) is 3.41.